The molecule has 1 saturated carbocycles. The molecule has 0 aromatic carbocycles. The quantitative estimate of drug-likeness (QED) is 0.786. The van der Waals surface area contributed by atoms with Crippen LogP contribution in [-0.4, -0.2) is 56.9 Å². The third kappa shape index (κ3) is 3.70. The zero-order valence-corrected chi connectivity index (χ0v) is 17.5. The van der Waals surface area contributed by atoms with Crippen molar-refractivity contribution in [3.05, 3.63) is 36.2 Å². The van der Waals surface area contributed by atoms with E-state index >= 15 is 0 Å². The van der Waals surface area contributed by atoms with Gasteiger partial charge in [0.15, 0.2) is 5.82 Å². The highest BCUT2D eigenvalue weighted by atomic mass is 32.2. The Kier molecular flexibility index (Phi) is 5.12. The van der Waals surface area contributed by atoms with Gasteiger partial charge in [0.25, 0.3) is 0 Å². The van der Waals surface area contributed by atoms with Crippen LogP contribution in [0.5, 0.6) is 0 Å². The van der Waals surface area contributed by atoms with E-state index in [1.807, 2.05) is 6.92 Å². The van der Waals surface area contributed by atoms with Crippen LogP contribution in [-0.2, 0) is 4.79 Å². The number of carboxylic acids is 1. The van der Waals surface area contributed by atoms with Crippen LogP contribution in [0.15, 0.2) is 41.2 Å². The standard InChI is InChI=1S/C22H28N4O2S/c1-13(22(27)28)19-15-3-2-4-16(19)12-26(11-15)10-14-5-6-18-17(9-14)25-20-21(29-18)24-8-7-23-20/h5-9,13,15-19H,2-4,10-12H2,1H3,(H,23,25)(H,27,28). The third-order valence-corrected chi connectivity index (χ3v) is 8.30. The lowest BCUT2D eigenvalue weighted by Crippen LogP contribution is -2.52. The van der Waals surface area contributed by atoms with Crippen LogP contribution >= 0.6 is 11.8 Å². The molecule has 2 aliphatic carbocycles. The number of thioether (sulfide) groups is 1. The molecule has 2 fully saturated rings. The average molecular weight is 413 g/mol. The van der Waals surface area contributed by atoms with Gasteiger partial charge in [-0.25, -0.2) is 9.97 Å². The van der Waals surface area contributed by atoms with E-state index in [1.165, 1.54) is 24.8 Å². The number of hydrogen-bond donors (Lipinski definition) is 2. The van der Waals surface area contributed by atoms with E-state index in [0.29, 0.717) is 23.0 Å². The number of anilines is 1. The van der Waals surface area contributed by atoms with Crippen LogP contribution in [0.25, 0.3) is 0 Å². The van der Waals surface area contributed by atoms with Crippen LogP contribution < -0.4 is 5.32 Å². The molecule has 0 radical (unpaired) electrons. The summed E-state index contributed by atoms with van der Waals surface area (Å²) in [5, 5.41) is 14.4. The summed E-state index contributed by atoms with van der Waals surface area (Å²) < 4.78 is 0. The lowest BCUT2D eigenvalue weighted by atomic mass is 9.64. The number of rotatable bonds is 4. The molecule has 3 heterocycles. The summed E-state index contributed by atoms with van der Waals surface area (Å²) >= 11 is 1.77. The Balaban J connectivity index is 1.27. The zero-order chi connectivity index (χ0) is 20.0. The molecular formula is C22H28N4O2S. The van der Waals surface area contributed by atoms with Crippen molar-refractivity contribution >= 4 is 23.5 Å². The van der Waals surface area contributed by atoms with Gasteiger partial charge in [0.2, 0.25) is 0 Å². The molecule has 4 aliphatic rings. The SMILES string of the molecule is CC(C(=O)O)C1C2CCCC1CN(CC1=CC3Nc4nccnc4SC3C=C1)C2. The molecule has 5 rings (SSSR count). The highest BCUT2D eigenvalue weighted by molar-refractivity contribution is 8.00. The fourth-order valence-corrected chi connectivity index (χ4v) is 6.86. The summed E-state index contributed by atoms with van der Waals surface area (Å²) in [6.45, 7) is 4.90. The lowest BCUT2D eigenvalue weighted by molar-refractivity contribution is -0.147. The largest absolute Gasteiger partial charge is 0.481 e. The summed E-state index contributed by atoms with van der Waals surface area (Å²) in [4.78, 5) is 23.0. The Hall–Kier alpha value is -1.86. The molecule has 0 spiro atoms. The van der Waals surface area contributed by atoms with Crippen LogP contribution in [0.4, 0.5) is 5.82 Å². The van der Waals surface area contributed by atoms with E-state index in [1.54, 1.807) is 24.2 Å². The number of carbonyl (C=O) groups is 1. The highest BCUT2D eigenvalue weighted by Crippen LogP contribution is 2.44. The van der Waals surface area contributed by atoms with Gasteiger partial charge in [-0.05, 0) is 36.2 Å². The molecule has 154 valence electrons. The molecule has 7 heteroatoms. The van der Waals surface area contributed by atoms with Crippen LogP contribution in [0.2, 0.25) is 0 Å². The van der Waals surface area contributed by atoms with E-state index in [9.17, 15) is 9.90 Å². The average Bonchev–Trinajstić information content (AvgIpc) is 2.71. The Bertz CT molecular complexity index is 843. The molecular weight excluding hydrogens is 384 g/mol. The second-order valence-corrected chi connectivity index (χ2v) is 10.1. The smallest absolute Gasteiger partial charge is 0.306 e. The number of carboxylic acid groups (broad SMARTS) is 1. The fourth-order valence-electron chi connectivity index (χ4n) is 5.80. The second kappa shape index (κ2) is 7.76. The summed E-state index contributed by atoms with van der Waals surface area (Å²) in [6, 6.07) is 0.244. The molecule has 2 N–H and O–H groups in total. The van der Waals surface area contributed by atoms with E-state index in [4.69, 9.17) is 0 Å². The maximum absolute atomic E-state index is 11.6. The number of hydrogen-bond acceptors (Lipinski definition) is 6. The van der Waals surface area contributed by atoms with Crippen molar-refractivity contribution in [1.29, 1.82) is 0 Å². The molecule has 29 heavy (non-hydrogen) atoms. The first-order valence-corrected chi connectivity index (χ1v) is 11.5. The monoisotopic (exact) mass is 412 g/mol. The van der Waals surface area contributed by atoms with Crippen molar-refractivity contribution < 1.29 is 9.90 Å². The van der Waals surface area contributed by atoms with Gasteiger partial charge in [-0.3, -0.25) is 9.69 Å². The minimum Gasteiger partial charge on any atom is -0.481 e. The summed E-state index contributed by atoms with van der Waals surface area (Å²) in [5.41, 5.74) is 1.34. The molecule has 5 atom stereocenters. The molecule has 1 aromatic heterocycles. The van der Waals surface area contributed by atoms with Crippen LogP contribution in [0.3, 0.4) is 0 Å². The van der Waals surface area contributed by atoms with Crippen molar-refractivity contribution in [2.24, 2.45) is 23.7 Å². The first kappa shape index (κ1) is 19.1. The maximum Gasteiger partial charge on any atom is 0.306 e. The van der Waals surface area contributed by atoms with Crippen molar-refractivity contribution in [2.75, 3.05) is 25.0 Å². The Labute approximate surface area is 175 Å². The van der Waals surface area contributed by atoms with Gasteiger partial charge in [0, 0.05) is 32.0 Å². The van der Waals surface area contributed by atoms with Gasteiger partial charge in [-0.2, -0.15) is 0 Å². The van der Waals surface area contributed by atoms with E-state index < -0.39 is 5.97 Å². The first-order chi connectivity index (χ1) is 14.1. The van der Waals surface area contributed by atoms with E-state index in [-0.39, 0.29) is 12.0 Å². The van der Waals surface area contributed by atoms with Gasteiger partial charge < -0.3 is 10.4 Å². The Morgan fingerprint density at radius 1 is 1.31 bits per heavy atom. The number of piperidine rings is 1. The molecule has 2 bridgehead atoms. The number of nitrogens with zero attached hydrogens (tertiary/aromatic N) is 3. The van der Waals surface area contributed by atoms with E-state index in [0.717, 1.165) is 30.5 Å². The minimum atomic E-state index is -0.631. The van der Waals surface area contributed by atoms with Gasteiger partial charge in [-0.15, -0.1) is 0 Å². The zero-order valence-electron chi connectivity index (χ0n) is 16.7. The van der Waals surface area contributed by atoms with Crippen LogP contribution in [0.1, 0.15) is 26.2 Å². The summed E-state index contributed by atoms with van der Waals surface area (Å²) in [6.07, 6.45) is 14.0. The topological polar surface area (TPSA) is 78.4 Å². The van der Waals surface area contributed by atoms with Crippen molar-refractivity contribution in [3.8, 4) is 0 Å². The lowest BCUT2D eigenvalue weighted by Gasteiger charge is -2.49. The number of aromatic nitrogens is 2. The second-order valence-electron chi connectivity index (χ2n) is 8.91. The number of nitrogens with one attached hydrogen (secondary N) is 1. The molecule has 1 aromatic rings. The Morgan fingerprint density at radius 2 is 2.07 bits per heavy atom. The Morgan fingerprint density at radius 3 is 2.83 bits per heavy atom. The number of fused-ring (bicyclic) bond motifs is 4. The normalized spacial score (nSPS) is 34.4. The minimum absolute atomic E-state index is 0.230. The molecule has 5 unspecified atom stereocenters. The van der Waals surface area contributed by atoms with Crippen molar-refractivity contribution in [1.82, 2.24) is 14.9 Å². The summed E-state index contributed by atoms with van der Waals surface area (Å²) in [5.74, 6) is 1.38. The third-order valence-electron chi connectivity index (χ3n) is 7.06. The number of likely N-dealkylation sites (tertiary alicyclic amines) is 1. The van der Waals surface area contributed by atoms with Crippen LogP contribution in [0, 0.1) is 23.7 Å². The fraction of sp³-hybridized carbons (Fsp3) is 0.591. The summed E-state index contributed by atoms with van der Waals surface area (Å²) in [7, 11) is 0. The van der Waals surface area contributed by atoms with Gasteiger partial charge in [0.05, 0.1) is 17.2 Å². The first-order valence-electron chi connectivity index (χ1n) is 10.7. The predicted molar refractivity (Wildman–Crippen MR) is 114 cm³/mol. The van der Waals surface area contributed by atoms with Crippen molar-refractivity contribution in [2.45, 2.75) is 42.5 Å². The van der Waals surface area contributed by atoms with Gasteiger partial charge >= 0.3 is 5.97 Å². The van der Waals surface area contributed by atoms with Crippen molar-refractivity contribution in [3.63, 3.8) is 0 Å². The molecule has 2 aliphatic heterocycles. The van der Waals surface area contributed by atoms with E-state index in [2.05, 4.69) is 38.4 Å². The molecule has 1 saturated heterocycles. The maximum atomic E-state index is 11.6. The molecule has 0 amide bonds. The predicted octanol–water partition coefficient (Wildman–Crippen LogP) is 3.30. The molecule has 6 nitrogen and oxygen atoms in total. The highest BCUT2D eigenvalue weighted by Gasteiger charge is 2.44. The van der Waals surface area contributed by atoms with Gasteiger partial charge in [-0.1, -0.05) is 43.3 Å². The number of aliphatic carboxylic acids is 1. The van der Waals surface area contributed by atoms with Gasteiger partial charge in [0.1, 0.15) is 5.03 Å².